The van der Waals surface area contributed by atoms with Gasteiger partial charge >= 0.3 is 0 Å². The Morgan fingerprint density at radius 2 is 1.89 bits per heavy atom. The van der Waals surface area contributed by atoms with Gasteiger partial charge in [0, 0.05) is 18.1 Å². The minimum atomic E-state index is -0.647. The first-order valence-corrected chi connectivity index (χ1v) is 9.72. The van der Waals surface area contributed by atoms with Crippen molar-refractivity contribution in [2.24, 2.45) is 0 Å². The van der Waals surface area contributed by atoms with E-state index < -0.39 is 6.04 Å². The number of carbonyl (C=O) groups is 2. The van der Waals surface area contributed by atoms with Gasteiger partial charge in [0.05, 0.1) is 0 Å². The molecule has 0 radical (unpaired) electrons. The second-order valence-corrected chi connectivity index (χ2v) is 7.15. The quantitative estimate of drug-likeness (QED) is 0.728. The molecule has 2 aromatic rings. The number of aryl methyl sites for hydroxylation is 2. The molecule has 1 atom stereocenters. The SMILES string of the molecule is CCNC(=O)[C@H](C)N(Cc1ccccc1Cl)C(=O)COc1ccc(C)cc1C. The maximum absolute atomic E-state index is 12.9. The average Bonchev–Trinajstić information content (AvgIpc) is 2.66. The first-order chi connectivity index (χ1) is 13.3. The molecule has 28 heavy (non-hydrogen) atoms. The van der Waals surface area contributed by atoms with Crippen LogP contribution < -0.4 is 10.1 Å². The zero-order valence-corrected chi connectivity index (χ0v) is 17.5. The number of rotatable bonds is 8. The minimum absolute atomic E-state index is 0.155. The molecule has 0 aliphatic carbocycles. The van der Waals surface area contributed by atoms with Crippen molar-refractivity contribution in [3.8, 4) is 5.75 Å². The Kier molecular flexibility index (Phi) is 7.88. The summed E-state index contributed by atoms with van der Waals surface area (Å²) in [6.45, 7) is 8.05. The number of likely N-dealkylation sites (N-methyl/N-ethyl adjacent to an activating group) is 1. The zero-order valence-electron chi connectivity index (χ0n) is 16.8. The average molecular weight is 403 g/mol. The van der Waals surface area contributed by atoms with Crippen molar-refractivity contribution < 1.29 is 14.3 Å². The Morgan fingerprint density at radius 1 is 1.18 bits per heavy atom. The lowest BCUT2D eigenvalue weighted by Gasteiger charge is -2.29. The summed E-state index contributed by atoms with van der Waals surface area (Å²) in [5.74, 6) is 0.162. The van der Waals surface area contributed by atoms with Crippen LogP contribution in [0.5, 0.6) is 5.75 Å². The first kappa shape index (κ1) is 21.8. The summed E-state index contributed by atoms with van der Waals surface area (Å²) in [4.78, 5) is 26.8. The molecule has 0 heterocycles. The molecule has 0 unspecified atom stereocenters. The Morgan fingerprint density at radius 3 is 2.54 bits per heavy atom. The van der Waals surface area contributed by atoms with E-state index in [2.05, 4.69) is 5.32 Å². The standard InChI is InChI=1S/C22H27ClN2O3/c1-5-24-22(27)17(4)25(13-18-8-6-7-9-19(18)23)21(26)14-28-20-11-10-15(2)12-16(20)3/h6-12,17H,5,13-14H2,1-4H3,(H,24,27)/t17-/m0/s1. The summed E-state index contributed by atoms with van der Waals surface area (Å²) >= 11 is 6.26. The van der Waals surface area contributed by atoms with Gasteiger partial charge in [0.25, 0.3) is 5.91 Å². The largest absolute Gasteiger partial charge is 0.483 e. The number of amides is 2. The maximum Gasteiger partial charge on any atom is 0.261 e. The summed E-state index contributed by atoms with van der Waals surface area (Å²) in [7, 11) is 0. The molecule has 0 aromatic heterocycles. The predicted octanol–water partition coefficient (Wildman–Crippen LogP) is 3.89. The Labute approximate surface area is 171 Å². The third kappa shape index (κ3) is 5.73. The van der Waals surface area contributed by atoms with Crippen molar-refractivity contribution in [1.82, 2.24) is 10.2 Å². The fourth-order valence-electron chi connectivity index (χ4n) is 2.90. The van der Waals surface area contributed by atoms with E-state index in [-0.39, 0.29) is 25.0 Å². The zero-order chi connectivity index (χ0) is 20.7. The van der Waals surface area contributed by atoms with Crippen molar-refractivity contribution in [3.05, 3.63) is 64.2 Å². The van der Waals surface area contributed by atoms with Gasteiger partial charge in [-0.25, -0.2) is 0 Å². The Bertz CT molecular complexity index is 838. The molecule has 2 aromatic carbocycles. The van der Waals surface area contributed by atoms with Gasteiger partial charge in [-0.15, -0.1) is 0 Å². The van der Waals surface area contributed by atoms with Gasteiger partial charge in [-0.3, -0.25) is 9.59 Å². The lowest BCUT2D eigenvalue weighted by atomic mass is 10.1. The Hall–Kier alpha value is -2.53. The van der Waals surface area contributed by atoms with Crippen molar-refractivity contribution in [3.63, 3.8) is 0 Å². The van der Waals surface area contributed by atoms with Crippen LogP contribution in [0.15, 0.2) is 42.5 Å². The monoisotopic (exact) mass is 402 g/mol. The van der Waals surface area contributed by atoms with Crippen molar-refractivity contribution in [2.75, 3.05) is 13.2 Å². The van der Waals surface area contributed by atoms with E-state index in [0.717, 1.165) is 16.7 Å². The first-order valence-electron chi connectivity index (χ1n) is 9.34. The molecule has 2 amide bonds. The molecule has 0 aliphatic heterocycles. The molecule has 0 fully saturated rings. The summed E-state index contributed by atoms with van der Waals surface area (Å²) in [6, 6.07) is 12.4. The fraction of sp³-hybridized carbons (Fsp3) is 0.364. The van der Waals surface area contributed by atoms with Crippen LogP contribution in [0.3, 0.4) is 0 Å². The molecule has 0 spiro atoms. The Balaban J connectivity index is 2.18. The van der Waals surface area contributed by atoms with E-state index in [1.165, 1.54) is 4.90 Å². The third-order valence-corrected chi connectivity index (χ3v) is 4.87. The fourth-order valence-corrected chi connectivity index (χ4v) is 3.09. The topological polar surface area (TPSA) is 58.6 Å². The lowest BCUT2D eigenvalue weighted by Crippen LogP contribution is -2.49. The van der Waals surface area contributed by atoms with Crippen LogP contribution in [-0.2, 0) is 16.1 Å². The molecule has 150 valence electrons. The highest BCUT2D eigenvalue weighted by molar-refractivity contribution is 6.31. The summed E-state index contributed by atoms with van der Waals surface area (Å²) in [5.41, 5.74) is 2.86. The van der Waals surface area contributed by atoms with Gasteiger partial charge in [0.2, 0.25) is 5.91 Å². The molecule has 2 rings (SSSR count). The molecule has 5 nitrogen and oxygen atoms in total. The maximum atomic E-state index is 12.9. The number of halogens is 1. The van der Waals surface area contributed by atoms with Gasteiger partial charge in [-0.05, 0) is 51.0 Å². The van der Waals surface area contributed by atoms with Crippen LogP contribution in [0.25, 0.3) is 0 Å². The second-order valence-electron chi connectivity index (χ2n) is 6.74. The molecule has 0 saturated heterocycles. The van der Waals surface area contributed by atoms with E-state index in [0.29, 0.717) is 17.3 Å². The second kappa shape index (κ2) is 10.1. The van der Waals surface area contributed by atoms with Gasteiger partial charge in [-0.2, -0.15) is 0 Å². The van der Waals surface area contributed by atoms with Crippen LogP contribution in [0, 0.1) is 13.8 Å². The van der Waals surface area contributed by atoms with Crippen LogP contribution in [0.1, 0.15) is 30.5 Å². The molecule has 0 aliphatic rings. The number of hydrogen-bond acceptors (Lipinski definition) is 3. The number of carbonyl (C=O) groups excluding carboxylic acids is 2. The molecule has 0 saturated carbocycles. The normalized spacial score (nSPS) is 11.6. The van der Waals surface area contributed by atoms with Crippen molar-refractivity contribution >= 4 is 23.4 Å². The number of nitrogens with one attached hydrogen (secondary N) is 1. The van der Waals surface area contributed by atoms with Crippen molar-refractivity contribution in [1.29, 1.82) is 0 Å². The van der Waals surface area contributed by atoms with Crippen LogP contribution >= 0.6 is 11.6 Å². The third-order valence-electron chi connectivity index (χ3n) is 4.50. The van der Waals surface area contributed by atoms with Gasteiger partial charge < -0.3 is 15.0 Å². The molecular formula is C22H27ClN2O3. The molecule has 1 N–H and O–H groups in total. The lowest BCUT2D eigenvalue weighted by molar-refractivity contribution is -0.142. The van der Waals surface area contributed by atoms with Gasteiger partial charge in [0.1, 0.15) is 11.8 Å². The summed E-state index contributed by atoms with van der Waals surface area (Å²) in [5, 5.41) is 3.32. The number of nitrogens with zero attached hydrogens (tertiary/aromatic N) is 1. The van der Waals surface area contributed by atoms with E-state index in [1.807, 2.05) is 57.2 Å². The van der Waals surface area contributed by atoms with E-state index in [9.17, 15) is 9.59 Å². The molecular weight excluding hydrogens is 376 g/mol. The smallest absolute Gasteiger partial charge is 0.261 e. The summed E-state index contributed by atoms with van der Waals surface area (Å²) < 4.78 is 5.74. The predicted molar refractivity (Wildman–Crippen MR) is 112 cm³/mol. The molecule has 6 heteroatoms. The molecule has 0 bridgehead atoms. The van der Waals surface area contributed by atoms with Crippen LogP contribution in [0.4, 0.5) is 0 Å². The van der Waals surface area contributed by atoms with E-state index in [1.54, 1.807) is 13.0 Å². The van der Waals surface area contributed by atoms with Crippen LogP contribution in [-0.4, -0.2) is 35.9 Å². The highest BCUT2D eigenvalue weighted by Gasteiger charge is 2.26. The highest BCUT2D eigenvalue weighted by Crippen LogP contribution is 2.21. The van der Waals surface area contributed by atoms with Crippen LogP contribution in [0.2, 0.25) is 5.02 Å². The van der Waals surface area contributed by atoms with Crippen molar-refractivity contribution in [2.45, 2.75) is 40.3 Å². The highest BCUT2D eigenvalue weighted by atomic mass is 35.5. The van der Waals surface area contributed by atoms with E-state index in [4.69, 9.17) is 16.3 Å². The van der Waals surface area contributed by atoms with Gasteiger partial charge in [-0.1, -0.05) is 47.5 Å². The van der Waals surface area contributed by atoms with E-state index >= 15 is 0 Å². The minimum Gasteiger partial charge on any atom is -0.483 e. The van der Waals surface area contributed by atoms with Gasteiger partial charge in [0.15, 0.2) is 6.61 Å². The number of benzene rings is 2. The number of ether oxygens (including phenoxy) is 1. The number of hydrogen-bond donors (Lipinski definition) is 1. The summed E-state index contributed by atoms with van der Waals surface area (Å²) in [6.07, 6.45) is 0.